The summed E-state index contributed by atoms with van der Waals surface area (Å²) >= 11 is 1.24. The number of esters is 5. The second kappa shape index (κ2) is 25.2. The average molecular weight is 1060 g/mol. The molecule has 0 saturated carbocycles. The Morgan fingerprint density at radius 2 is 0.935 bits per heavy atom. The first-order chi connectivity index (χ1) is 37.5. The smallest absolute Gasteiger partial charge is 0.338 e. The lowest BCUT2D eigenvalue weighted by Gasteiger charge is -2.50. The van der Waals surface area contributed by atoms with Crippen molar-refractivity contribution in [2.75, 3.05) is 19.0 Å². The Morgan fingerprint density at radius 1 is 0.494 bits per heavy atom. The minimum Gasteiger partial charge on any atom is -0.459 e. The summed E-state index contributed by atoms with van der Waals surface area (Å²) in [6.45, 7) is 2.15. The van der Waals surface area contributed by atoms with Crippen LogP contribution in [0.5, 0.6) is 0 Å². The van der Waals surface area contributed by atoms with Crippen LogP contribution in [0.15, 0.2) is 176 Å². The van der Waals surface area contributed by atoms with Crippen molar-refractivity contribution in [3.63, 3.8) is 0 Å². The maximum Gasteiger partial charge on any atom is 0.338 e. The van der Waals surface area contributed by atoms with Crippen LogP contribution in [0.3, 0.4) is 0 Å². The average Bonchev–Trinajstić information content (AvgIpc) is 3.74. The lowest BCUT2D eigenvalue weighted by molar-refractivity contribution is -0.333. The standard InChI is InChI=1S/C59H53NO16S/c1-3-77-59-46(60-52(62)42-31-19-20-32-43(42)53(60)63)49(70-36(2)61)47(44(72-59)34-68-33-37-21-9-4-10-22-37)76-58-51(75-57(67)41-29-17-8-18-30-41)50(74-56(66)40-27-15-7-16-28-40)48(73-55(65)39-25-13-6-14-26-39)45(71-58)35-69-54(64)38-23-11-5-12-24-38/h4-32,44-51,58-59H,3,33-35H2,1-2H3/t44-,45-,46-,47-,48-,49-,50+,51-,58+,59+/m1/s1. The van der Waals surface area contributed by atoms with Gasteiger partial charge in [-0.15, -0.1) is 11.8 Å². The number of thioether (sulfide) groups is 1. The molecule has 3 heterocycles. The fraction of sp³-hybridized carbons (Fsp3) is 0.271. The highest BCUT2D eigenvalue weighted by molar-refractivity contribution is 7.99. The van der Waals surface area contributed by atoms with Gasteiger partial charge < -0.3 is 42.6 Å². The summed E-state index contributed by atoms with van der Waals surface area (Å²) in [7, 11) is 0. The molecule has 0 aromatic heterocycles. The second-order valence-electron chi connectivity index (χ2n) is 17.9. The number of hydrogen-bond acceptors (Lipinski definition) is 17. The number of nitrogens with zero attached hydrogens (tertiary/aromatic N) is 1. The second-order valence-corrected chi connectivity index (χ2v) is 19.3. The third-order valence-corrected chi connectivity index (χ3v) is 13.8. The summed E-state index contributed by atoms with van der Waals surface area (Å²) in [6.07, 6.45) is -13.3. The van der Waals surface area contributed by atoms with Gasteiger partial charge in [-0.3, -0.25) is 19.3 Å². The highest BCUT2D eigenvalue weighted by Gasteiger charge is 2.60. The Bertz CT molecular complexity index is 2990. The van der Waals surface area contributed by atoms with E-state index < -0.39 is 109 Å². The topological polar surface area (TPSA) is 206 Å². The number of hydrogen-bond donors (Lipinski definition) is 0. The van der Waals surface area contributed by atoms with Gasteiger partial charge in [-0.1, -0.05) is 122 Å². The molecule has 9 rings (SSSR count). The van der Waals surface area contributed by atoms with E-state index in [4.69, 9.17) is 42.6 Å². The van der Waals surface area contributed by atoms with Crippen LogP contribution in [-0.2, 0) is 54.0 Å². The normalized spacial score (nSPS) is 23.7. The fourth-order valence-corrected chi connectivity index (χ4v) is 10.3. The number of fused-ring (bicyclic) bond motifs is 1. The van der Waals surface area contributed by atoms with E-state index >= 15 is 0 Å². The first-order valence-corrected chi connectivity index (χ1v) is 25.9. The molecule has 6 aromatic rings. The van der Waals surface area contributed by atoms with Crippen molar-refractivity contribution < 1.29 is 76.2 Å². The molecule has 3 aliphatic rings. The zero-order chi connectivity index (χ0) is 53.8. The monoisotopic (exact) mass is 1060 g/mol. The van der Waals surface area contributed by atoms with Gasteiger partial charge in [-0.2, -0.15) is 0 Å². The minimum absolute atomic E-state index is 0.0484. The zero-order valence-electron chi connectivity index (χ0n) is 41.7. The van der Waals surface area contributed by atoms with Crippen LogP contribution >= 0.6 is 11.8 Å². The summed E-state index contributed by atoms with van der Waals surface area (Å²) in [5, 5.41) is 0. The van der Waals surface area contributed by atoms with Crippen molar-refractivity contribution in [1.29, 1.82) is 0 Å². The molecular formula is C59H53NO16S. The predicted octanol–water partition coefficient (Wildman–Crippen LogP) is 7.92. The number of carbonyl (C=O) groups excluding carboxylic acids is 7. The molecule has 0 radical (unpaired) electrons. The molecule has 17 nitrogen and oxygen atoms in total. The third kappa shape index (κ3) is 12.7. The van der Waals surface area contributed by atoms with Gasteiger partial charge in [-0.25, -0.2) is 19.2 Å². The lowest BCUT2D eigenvalue weighted by Crippen LogP contribution is -2.69. The van der Waals surface area contributed by atoms with Crippen LogP contribution in [0.4, 0.5) is 0 Å². The molecule has 2 amide bonds. The van der Waals surface area contributed by atoms with Gasteiger partial charge in [-0.05, 0) is 72.0 Å². The molecule has 3 aliphatic heterocycles. The first-order valence-electron chi connectivity index (χ1n) is 24.8. The molecule has 10 atom stereocenters. The summed E-state index contributed by atoms with van der Waals surface area (Å²) in [5.74, 6) is -5.42. The van der Waals surface area contributed by atoms with E-state index in [1.54, 1.807) is 84.9 Å². The van der Waals surface area contributed by atoms with Gasteiger partial charge in [0.25, 0.3) is 11.8 Å². The van der Waals surface area contributed by atoms with Crippen LogP contribution < -0.4 is 0 Å². The van der Waals surface area contributed by atoms with E-state index in [0.29, 0.717) is 5.75 Å². The summed E-state index contributed by atoms with van der Waals surface area (Å²) < 4.78 is 57.9. The molecule has 0 N–H and O–H groups in total. The number of carbonyl (C=O) groups is 7. The molecule has 0 bridgehead atoms. The van der Waals surface area contributed by atoms with Crippen molar-refractivity contribution >= 4 is 53.4 Å². The Kier molecular flexibility index (Phi) is 17.6. The Hall–Kier alpha value is -8.00. The van der Waals surface area contributed by atoms with Crippen molar-refractivity contribution in [2.45, 2.75) is 80.9 Å². The van der Waals surface area contributed by atoms with E-state index in [0.717, 1.165) is 17.4 Å². The van der Waals surface area contributed by atoms with E-state index in [-0.39, 0.29) is 46.6 Å². The van der Waals surface area contributed by atoms with E-state index in [2.05, 4.69) is 0 Å². The van der Waals surface area contributed by atoms with Gasteiger partial charge >= 0.3 is 29.8 Å². The summed E-state index contributed by atoms with van der Waals surface area (Å²) in [6, 6.07) is 45.8. The number of ether oxygens (including phenoxy) is 9. The number of imide groups is 1. The maximum absolute atomic E-state index is 14.5. The number of rotatable bonds is 19. The van der Waals surface area contributed by atoms with Gasteiger partial charge in [0.2, 0.25) is 0 Å². The molecular weight excluding hydrogens is 1010 g/mol. The largest absolute Gasteiger partial charge is 0.459 e. The van der Waals surface area contributed by atoms with Crippen LogP contribution in [0, 0.1) is 0 Å². The Morgan fingerprint density at radius 3 is 1.43 bits per heavy atom. The summed E-state index contributed by atoms with van der Waals surface area (Å²) in [4.78, 5) is 100. The molecule has 0 aliphatic carbocycles. The van der Waals surface area contributed by atoms with Crippen LogP contribution in [0.2, 0.25) is 0 Å². The molecule has 2 saturated heterocycles. The molecule has 6 aromatic carbocycles. The van der Waals surface area contributed by atoms with Gasteiger partial charge in [0.1, 0.15) is 36.4 Å². The van der Waals surface area contributed by atoms with Gasteiger partial charge in [0.05, 0.1) is 46.6 Å². The highest BCUT2D eigenvalue weighted by atomic mass is 32.2. The zero-order valence-corrected chi connectivity index (χ0v) is 42.5. The molecule has 18 heteroatoms. The van der Waals surface area contributed by atoms with Crippen molar-refractivity contribution in [3.05, 3.63) is 215 Å². The minimum atomic E-state index is -1.93. The Labute approximate surface area is 447 Å². The van der Waals surface area contributed by atoms with Gasteiger partial charge in [0, 0.05) is 6.92 Å². The maximum atomic E-state index is 14.5. The lowest BCUT2D eigenvalue weighted by atomic mass is 9.94. The first kappa shape index (κ1) is 53.8. The van der Waals surface area contributed by atoms with Crippen molar-refractivity contribution in [3.8, 4) is 0 Å². The number of amides is 2. The SMILES string of the molecule is CCS[C@@H]1O[C@H](COCc2ccccc2)[C@@H](O[C@@H]2O[C@H](COC(=O)c3ccccc3)[C@@H](OC(=O)c3ccccc3)[C@H](OC(=O)c3ccccc3)[C@H]2OC(=O)c2ccccc2)[C@H](OC(C)=O)[C@H]1N1C(=O)c2ccccc2C1=O. The van der Waals surface area contributed by atoms with Crippen molar-refractivity contribution in [2.24, 2.45) is 0 Å². The predicted molar refractivity (Wildman–Crippen MR) is 276 cm³/mol. The fourth-order valence-electron chi connectivity index (χ4n) is 9.23. The van der Waals surface area contributed by atoms with Crippen LogP contribution in [-0.4, -0.2) is 126 Å². The molecule has 0 spiro atoms. The van der Waals surface area contributed by atoms with E-state index in [1.165, 1.54) is 72.4 Å². The summed E-state index contributed by atoms with van der Waals surface area (Å²) in [5.41, 5.74) is 0.320. The third-order valence-electron chi connectivity index (χ3n) is 12.8. The molecule has 0 unspecified atom stereocenters. The van der Waals surface area contributed by atoms with E-state index in [9.17, 15) is 33.6 Å². The highest BCUT2D eigenvalue weighted by Crippen LogP contribution is 2.41. The van der Waals surface area contributed by atoms with Crippen LogP contribution in [0.1, 0.15) is 81.6 Å². The van der Waals surface area contributed by atoms with Gasteiger partial charge in [0.15, 0.2) is 30.7 Å². The quantitative estimate of drug-likeness (QED) is 0.0429. The molecule has 77 heavy (non-hydrogen) atoms. The number of benzene rings is 6. The molecule has 2 fully saturated rings. The molecule has 396 valence electrons. The van der Waals surface area contributed by atoms with Crippen molar-refractivity contribution in [1.82, 2.24) is 4.90 Å². The Balaban J connectivity index is 1.18. The van der Waals surface area contributed by atoms with E-state index in [1.807, 2.05) is 37.3 Å². The van der Waals surface area contributed by atoms with Crippen LogP contribution in [0.25, 0.3) is 0 Å².